The molecule has 1 saturated heterocycles. The second kappa shape index (κ2) is 8.28. The van der Waals surface area contributed by atoms with Gasteiger partial charge in [-0.1, -0.05) is 32.6 Å². The number of nitrogens with one attached hydrogen (secondary N) is 1. The van der Waals surface area contributed by atoms with Gasteiger partial charge in [-0.2, -0.15) is 12.6 Å². The molecule has 1 aliphatic carbocycles. The van der Waals surface area contributed by atoms with Crippen molar-refractivity contribution in [3.8, 4) is 0 Å². The molecule has 2 unspecified atom stereocenters. The summed E-state index contributed by atoms with van der Waals surface area (Å²) in [6.45, 7) is 5.04. The molecule has 1 heterocycles. The summed E-state index contributed by atoms with van der Waals surface area (Å²) in [5.74, 6) is 2.70. The zero-order valence-electron chi connectivity index (χ0n) is 12.8. The number of thiol groups is 1. The second-order valence-electron chi connectivity index (χ2n) is 6.42. The van der Waals surface area contributed by atoms with Crippen molar-refractivity contribution in [3.63, 3.8) is 0 Å². The van der Waals surface area contributed by atoms with Gasteiger partial charge < -0.3 is 5.32 Å². The minimum atomic E-state index is 0.0957. The summed E-state index contributed by atoms with van der Waals surface area (Å²) < 4.78 is 0. The number of nitrogens with zero attached hydrogens (tertiary/aromatic N) is 1. The second-order valence-corrected chi connectivity index (χ2v) is 6.87. The average Bonchev–Trinajstić information content (AvgIpc) is 2.47. The monoisotopic (exact) mass is 298 g/mol. The third kappa shape index (κ3) is 4.14. The lowest BCUT2D eigenvalue weighted by Gasteiger charge is -2.45. The molecule has 2 rings (SSSR count). The molecular formula is C16H30N2OS. The summed E-state index contributed by atoms with van der Waals surface area (Å²) >= 11 is 4.37. The maximum Gasteiger partial charge on any atom is 0.237 e. The third-order valence-corrected chi connectivity index (χ3v) is 5.22. The van der Waals surface area contributed by atoms with Gasteiger partial charge in [0.2, 0.25) is 5.91 Å². The Morgan fingerprint density at radius 2 is 2.05 bits per heavy atom. The predicted octanol–water partition coefficient (Wildman–Crippen LogP) is 2.71. The highest BCUT2D eigenvalue weighted by Crippen LogP contribution is 2.38. The Kier molecular flexibility index (Phi) is 6.69. The zero-order chi connectivity index (χ0) is 14.4. The van der Waals surface area contributed by atoms with Crippen molar-refractivity contribution in [2.75, 3.05) is 25.4 Å². The molecule has 1 saturated carbocycles. The van der Waals surface area contributed by atoms with E-state index in [9.17, 15) is 4.79 Å². The van der Waals surface area contributed by atoms with Crippen molar-refractivity contribution in [2.45, 2.75) is 57.9 Å². The number of unbranched alkanes of at least 4 members (excludes halogenated alkanes) is 1. The number of fused-ring (bicyclic) bond motifs is 1. The largest absolute Gasteiger partial charge is 0.355 e. The Hall–Kier alpha value is -0.220. The number of carbonyl (C=O) groups is 1. The molecular weight excluding hydrogens is 268 g/mol. The van der Waals surface area contributed by atoms with Crippen LogP contribution in [0.5, 0.6) is 0 Å². The Bertz CT molecular complexity index is 311. The number of amides is 1. The highest BCUT2D eigenvalue weighted by atomic mass is 32.1. The summed E-state index contributed by atoms with van der Waals surface area (Å²) in [5.41, 5.74) is 0. The Morgan fingerprint density at radius 1 is 1.30 bits per heavy atom. The SMILES string of the molecule is CCCCNC(=O)[C@@H]1CC2CCCCC2CN1CCS. The van der Waals surface area contributed by atoms with Gasteiger partial charge in [0.1, 0.15) is 0 Å². The van der Waals surface area contributed by atoms with Crippen LogP contribution in [-0.4, -0.2) is 42.2 Å². The molecule has 3 nitrogen and oxygen atoms in total. The maximum atomic E-state index is 12.5. The van der Waals surface area contributed by atoms with Gasteiger partial charge in [0.25, 0.3) is 0 Å². The molecule has 4 heteroatoms. The van der Waals surface area contributed by atoms with E-state index in [1.54, 1.807) is 0 Å². The number of rotatable bonds is 6. The molecule has 0 radical (unpaired) electrons. The summed E-state index contributed by atoms with van der Waals surface area (Å²) in [7, 11) is 0. The fourth-order valence-corrected chi connectivity index (χ4v) is 4.11. The summed E-state index contributed by atoms with van der Waals surface area (Å²) in [4.78, 5) is 14.8. The minimum absolute atomic E-state index is 0.0957. The first kappa shape index (κ1) is 16.2. The molecule has 0 spiro atoms. The normalized spacial score (nSPS) is 30.8. The fourth-order valence-electron chi connectivity index (χ4n) is 3.85. The fraction of sp³-hybridized carbons (Fsp3) is 0.938. The van der Waals surface area contributed by atoms with E-state index in [2.05, 4.69) is 29.8 Å². The summed E-state index contributed by atoms with van der Waals surface area (Å²) in [6.07, 6.45) is 8.71. The first-order valence-corrected chi connectivity index (χ1v) is 9.02. The molecule has 0 aromatic heterocycles. The lowest BCUT2D eigenvalue weighted by Crippen LogP contribution is -2.55. The summed E-state index contributed by atoms with van der Waals surface area (Å²) in [6, 6.07) is 0.0957. The smallest absolute Gasteiger partial charge is 0.237 e. The molecule has 2 aliphatic rings. The highest BCUT2D eigenvalue weighted by molar-refractivity contribution is 7.80. The van der Waals surface area contributed by atoms with Crippen LogP contribution in [0.1, 0.15) is 51.9 Å². The van der Waals surface area contributed by atoms with E-state index in [1.807, 2.05) is 0 Å². The van der Waals surface area contributed by atoms with Crippen LogP contribution in [0.2, 0.25) is 0 Å². The van der Waals surface area contributed by atoms with Gasteiger partial charge in [-0.15, -0.1) is 0 Å². The van der Waals surface area contributed by atoms with Crippen molar-refractivity contribution in [3.05, 3.63) is 0 Å². The maximum absolute atomic E-state index is 12.5. The third-order valence-electron chi connectivity index (χ3n) is 5.02. The Labute approximate surface area is 129 Å². The molecule has 0 aromatic carbocycles. The van der Waals surface area contributed by atoms with Gasteiger partial charge in [-0.25, -0.2) is 0 Å². The van der Waals surface area contributed by atoms with E-state index < -0.39 is 0 Å². The number of carbonyl (C=O) groups excluding carboxylic acids is 1. The van der Waals surface area contributed by atoms with Gasteiger partial charge in [0.05, 0.1) is 6.04 Å². The highest BCUT2D eigenvalue weighted by Gasteiger charge is 2.39. The van der Waals surface area contributed by atoms with E-state index >= 15 is 0 Å². The summed E-state index contributed by atoms with van der Waals surface area (Å²) in [5, 5.41) is 3.13. The topological polar surface area (TPSA) is 32.3 Å². The van der Waals surface area contributed by atoms with Gasteiger partial charge >= 0.3 is 0 Å². The predicted molar refractivity (Wildman–Crippen MR) is 87.2 cm³/mol. The van der Waals surface area contributed by atoms with Gasteiger partial charge in [-0.05, 0) is 31.1 Å². The Balaban J connectivity index is 1.94. The van der Waals surface area contributed by atoms with Crippen LogP contribution in [0.15, 0.2) is 0 Å². The lowest BCUT2D eigenvalue weighted by molar-refractivity contribution is -0.129. The van der Waals surface area contributed by atoms with Crippen LogP contribution >= 0.6 is 12.6 Å². The first-order valence-electron chi connectivity index (χ1n) is 8.38. The van der Waals surface area contributed by atoms with Crippen LogP contribution in [0, 0.1) is 11.8 Å². The van der Waals surface area contributed by atoms with E-state index in [0.29, 0.717) is 0 Å². The molecule has 116 valence electrons. The molecule has 1 amide bonds. The first-order chi connectivity index (χ1) is 9.76. The van der Waals surface area contributed by atoms with Crippen molar-refractivity contribution < 1.29 is 4.79 Å². The minimum Gasteiger partial charge on any atom is -0.355 e. The quantitative estimate of drug-likeness (QED) is 0.584. The van der Waals surface area contributed by atoms with Crippen LogP contribution in [0.4, 0.5) is 0 Å². The van der Waals surface area contributed by atoms with E-state index in [-0.39, 0.29) is 11.9 Å². The van der Waals surface area contributed by atoms with Gasteiger partial charge in [0.15, 0.2) is 0 Å². The molecule has 2 fully saturated rings. The van der Waals surface area contributed by atoms with E-state index in [4.69, 9.17) is 0 Å². The molecule has 1 aliphatic heterocycles. The zero-order valence-corrected chi connectivity index (χ0v) is 13.7. The van der Waals surface area contributed by atoms with Gasteiger partial charge in [-0.3, -0.25) is 9.69 Å². The van der Waals surface area contributed by atoms with Crippen LogP contribution < -0.4 is 5.32 Å². The standard InChI is InChI=1S/C16H30N2OS/c1-2-3-8-17-16(19)15-11-13-6-4-5-7-14(13)12-18(15)9-10-20/h13-15,20H,2-12H2,1H3,(H,17,19)/t13?,14?,15-/m0/s1. The van der Waals surface area contributed by atoms with Crippen LogP contribution in [0.25, 0.3) is 0 Å². The van der Waals surface area contributed by atoms with Crippen molar-refractivity contribution in [2.24, 2.45) is 11.8 Å². The number of likely N-dealkylation sites (tertiary alicyclic amines) is 1. The molecule has 1 N–H and O–H groups in total. The number of hydrogen-bond donors (Lipinski definition) is 2. The van der Waals surface area contributed by atoms with E-state index in [1.165, 1.54) is 25.7 Å². The molecule has 0 aromatic rings. The lowest BCUT2D eigenvalue weighted by atomic mass is 9.73. The van der Waals surface area contributed by atoms with Crippen LogP contribution in [0.3, 0.4) is 0 Å². The number of piperidine rings is 1. The van der Waals surface area contributed by atoms with Crippen LogP contribution in [-0.2, 0) is 4.79 Å². The van der Waals surface area contributed by atoms with Gasteiger partial charge in [0, 0.05) is 25.4 Å². The Morgan fingerprint density at radius 3 is 2.75 bits per heavy atom. The van der Waals surface area contributed by atoms with E-state index in [0.717, 1.165) is 56.5 Å². The van der Waals surface area contributed by atoms with Crippen molar-refractivity contribution in [1.29, 1.82) is 0 Å². The molecule has 3 atom stereocenters. The number of hydrogen-bond acceptors (Lipinski definition) is 3. The van der Waals surface area contributed by atoms with Crippen molar-refractivity contribution in [1.82, 2.24) is 10.2 Å². The van der Waals surface area contributed by atoms with Crippen molar-refractivity contribution >= 4 is 18.5 Å². The average molecular weight is 298 g/mol. The molecule has 20 heavy (non-hydrogen) atoms. The molecule has 0 bridgehead atoms.